The Bertz CT molecular complexity index is 724. The molecule has 1 fully saturated rings. The minimum absolute atomic E-state index is 0.118. The zero-order valence-corrected chi connectivity index (χ0v) is 14.9. The smallest absolute Gasteiger partial charge is 0.284 e. The van der Waals surface area contributed by atoms with Crippen molar-refractivity contribution >= 4 is 32.9 Å². The number of amidine groups is 1. The second-order valence-electron chi connectivity index (χ2n) is 5.10. The topological polar surface area (TPSA) is 66.8 Å². The van der Waals surface area contributed by atoms with Gasteiger partial charge in [-0.3, -0.25) is 9.69 Å². The minimum atomic E-state index is -3.84. The number of nitrogens with zero attached hydrogens (tertiary/aromatic N) is 2. The van der Waals surface area contributed by atoms with Crippen molar-refractivity contribution in [2.75, 3.05) is 6.54 Å². The Morgan fingerprint density at radius 1 is 1.30 bits per heavy atom. The SMILES string of the molecule is C=CCN1C(=O)[C@@H](CC)SC1=NS(=O)(=O)c1ccc(CC)cc1. The van der Waals surface area contributed by atoms with E-state index < -0.39 is 10.0 Å². The van der Waals surface area contributed by atoms with Crippen molar-refractivity contribution in [2.45, 2.75) is 36.8 Å². The number of benzene rings is 1. The molecule has 0 radical (unpaired) electrons. The van der Waals surface area contributed by atoms with Crippen LogP contribution in [0.4, 0.5) is 0 Å². The van der Waals surface area contributed by atoms with Gasteiger partial charge < -0.3 is 0 Å². The molecule has 1 saturated heterocycles. The van der Waals surface area contributed by atoms with Crippen LogP contribution in [0.2, 0.25) is 0 Å². The number of hydrogen-bond donors (Lipinski definition) is 0. The number of hydrogen-bond acceptors (Lipinski definition) is 4. The van der Waals surface area contributed by atoms with Crippen LogP contribution in [-0.2, 0) is 21.2 Å². The molecule has 0 spiro atoms. The average molecular weight is 352 g/mol. The minimum Gasteiger partial charge on any atom is -0.286 e. The molecule has 0 N–H and O–H groups in total. The van der Waals surface area contributed by atoms with E-state index in [0.29, 0.717) is 6.42 Å². The molecular formula is C16H20N2O3S2. The standard InChI is InChI=1S/C16H20N2O3S2/c1-4-11-18-15(19)14(6-3)22-16(18)17-23(20,21)13-9-7-12(5-2)8-10-13/h4,7-10,14H,1,5-6,11H2,2-3H3/t14-/m1/s1. The first-order valence-electron chi connectivity index (χ1n) is 7.45. The maximum atomic E-state index is 12.5. The number of carbonyl (C=O) groups is 1. The molecule has 1 aliphatic rings. The molecule has 1 atom stereocenters. The maximum absolute atomic E-state index is 12.5. The molecule has 1 aromatic rings. The number of aryl methyl sites for hydroxylation is 1. The second kappa shape index (κ2) is 7.31. The first-order chi connectivity index (χ1) is 10.9. The van der Waals surface area contributed by atoms with Gasteiger partial charge in [-0.1, -0.05) is 43.8 Å². The Labute approximate surface area is 141 Å². The van der Waals surface area contributed by atoms with Gasteiger partial charge in [0.25, 0.3) is 10.0 Å². The molecule has 0 aliphatic carbocycles. The van der Waals surface area contributed by atoms with E-state index in [9.17, 15) is 13.2 Å². The quantitative estimate of drug-likeness (QED) is 0.739. The van der Waals surface area contributed by atoms with Gasteiger partial charge in [-0.25, -0.2) is 0 Å². The molecule has 1 heterocycles. The number of carbonyl (C=O) groups excluding carboxylic acids is 1. The highest BCUT2D eigenvalue weighted by molar-refractivity contribution is 8.16. The molecule has 1 aromatic carbocycles. The lowest BCUT2D eigenvalue weighted by Crippen LogP contribution is -2.32. The zero-order chi connectivity index (χ0) is 17.0. The largest absolute Gasteiger partial charge is 0.286 e. The molecule has 2 rings (SSSR count). The predicted octanol–water partition coefficient (Wildman–Crippen LogP) is 2.83. The third-order valence-electron chi connectivity index (χ3n) is 3.53. The molecule has 0 bridgehead atoms. The number of thioether (sulfide) groups is 1. The van der Waals surface area contributed by atoms with Gasteiger partial charge in [0.15, 0.2) is 5.17 Å². The van der Waals surface area contributed by atoms with Crippen molar-refractivity contribution in [2.24, 2.45) is 4.40 Å². The number of amides is 1. The molecular weight excluding hydrogens is 332 g/mol. The van der Waals surface area contributed by atoms with Gasteiger partial charge in [0.1, 0.15) is 0 Å². The van der Waals surface area contributed by atoms with Crippen LogP contribution in [0.1, 0.15) is 25.8 Å². The molecule has 1 amide bonds. The van der Waals surface area contributed by atoms with Crippen LogP contribution in [0.15, 0.2) is 46.2 Å². The van der Waals surface area contributed by atoms with Gasteiger partial charge in [-0.15, -0.1) is 11.0 Å². The van der Waals surface area contributed by atoms with Gasteiger partial charge in [-0.05, 0) is 30.5 Å². The van der Waals surface area contributed by atoms with Crippen molar-refractivity contribution < 1.29 is 13.2 Å². The van der Waals surface area contributed by atoms with Crippen molar-refractivity contribution in [3.63, 3.8) is 0 Å². The Morgan fingerprint density at radius 3 is 2.48 bits per heavy atom. The van der Waals surface area contributed by atoms with Crippen LogP contribution >= 0.6 is 11.8 Å². The lowest BCUT2D eigenvalue weighted by Gasteiger charge is -2.13. The van der Waals surface area contributed by atoms with E-state index in [-0.39, 0.29) is 27.8 Å². The van der Waals surface area contributed by atoms with Crippen LogP contribution < -0.4 is 0 Å². The van der Waals surface area contributed by atoms with E-state index >= 15 is 0 Å². The monoisotopic (exact) mass is 352 g/mol. The summed E-state index contributed by atoms with van der Waals surface area (Å²) in [7, 11) is -3.84. The fourth-order valence-corrected chi connectivity index (χ4v) is 4.48. The summed E-state index contributed by atoms with van der Waals surface area (Å²) in [6.45, 7) is 7.76. The summed E-state index contributed by atoms with van der Waals surface area (Å²) in [5.41, 5.74) is 1.06. The third-order valence-corrected chi connectivity index (χ3v) is 6.27. The molecule has 124 valence electrons. The maximum Gasteiger partial charge on any atom is 0.284 e. The number of sulfonamides is 1. The molecule has 1 aliphatic heterocycles. The molecule has 5 nitrogen and oxygen atoms in total. The molecule has 0 saturated carbocycles. The summed E-state index contributed by atoms with van der Waals surface area (Å²) in [6, 6.07) is 6.65. The predicted molar refractivity (Wildman–Crippen MR) is 94.0 cm³/mol. The Balaban J connectivity index is 2.36. The van der Waals surface area contributed by atoms with E-state index in [1.165, 1.54) is 16.7 Å². The first kappa shape index (κ1) is 17.7. The van der Waals surface area contributed by atoms with Gasteiger partial charge in [0.2, 0.25) is 5.91 Å². The van der Waals surface area contributed by atoms with Crippen molar-refractivity contribution in [3.05, 3.63) is 42.5 Å². The van der Waals surface area contributed by atoms with E-state index in [1.54, 1.807) is 30.3 Å². The van der Waals surface area contributed by atoms with Crippen LogP contribution in [0.25, 0.3) is 0 Å². The summed E-state index contributed by atoms with van der Waals surface area (Å²) in [6.07, 6.45) is 3.03. The van der Waals surface area contributed by atoms with Crippen LogP contribution in [0.3, 0.4) is 0 Å². The van der Waals surface area contributed by atoms with Crippen molar-refractivity contribution in [1.29, 1.82) is 0 Å². The summed E-state index contributed by atoms with van der Waals surface area (Å²) < 4.78 is 28.8. The van der Waals surface area contributed by atoms with Crippen molar-refractivity contribution in [1.82, 2.24) is 4.90 Å². The van der Waals surface area contributed by atoms with Gasteiger partial charge in [0, 0.05) is 6.54 Å². The van der Waals surface area contributed by atoms with Gasteiger partial charge in [0.05, 0.1) is 10.1 Å². The van der Waals surface area contributed by atoms with E-state index in [1.807, 2.05) is 13.8 Å². The second-order valence-corrected chi connectivity index (χ2v) is 7.87. The average Bonchev–Trinajstić information content (AvgIpc) is 2.83. The van der Waals surface area contributed by atoms with Crippen LogP contribution in [0.5, 0.6) is 0 Å². The summed E-state index contributed by atoms with van der Waals surface area (Å²) in [4.78, 5) is 13.7. The van der Waals surface area contributed by atoms with Crippen LogP contribution in [-0.4, -0.2) is 36.2 Å². The lowest BCUT2D eigenvalue weighted by molar-refractivity contribution is -0.125. The van der Waals surface area contributed by atoms with E-state index in [4.69, 9.17) is 0 Å². The fourth-order valence-electron chi connectivity index (χ4n) is 2.19. The zero-order valence-electron chi connectivity index (χ0n) is 13.2. The molecule has 0 aromatic heterocycles. The normalized spacial score (nSPS) is 20.3. The summed E-state index contributed by atoms with van der Waals surface area (Å²) in [5, 5.41) is -0.0623. The van der Waals surface area contributed by atoms with Crippen LogP contribution in [0, 0.1) is 0 Å². The van der Waals surface area contributed by atoms with Gasteiger partial charge >= 0.3 is 0 Å². The highest BCUT2D eigenvalue weighted by atomic mass is 32.2. The molecule has 23 heavy (non-hydrogen) atoms. The summed E-state index contributed by atoms with van der Waals surface area (Å²) >= 11 is 1.20. The van der Waals surface area contributed by atoms with Gasteiger partial charge in [-0.2, -0.15) is 8.42 Å². The summed E-state index contributed by atoms with van der Waals surface area (Å²) in [5.74, 6) is -0.118. The number of rotatable bonds is 6. The Morgan fingerprint density at radius 2 is 1.96 bits per heavy atom. The molecule has 0 unspecified atom stereocenters. The van der Waals surface area contributed by atoms with E-state index in [2.05, 4.69) is 11.0 Å². The Hall–Kier alpha value is -1.60. The highest BCUT2D eigenvalue weighted by Gasteiger charge is 2.37. The fraction of sp³-hybridized carbons (Fsp3) is 0.375. The molecule has 7 heteroatoms. The highest BCUT2D eigenvalue weighted by Crippen LogP contribution is 2.30. The van der Waals surface area contributed by atoms with E-state index in [0.717, 1.165) is 12.0 Å². The third kappa shape index (κ3) is 3.84. The first-order valence-corrected chi connectivity index (χ1v) is 9.77. The Kier molecular flexibility index (Phi) is 5.64. The lowest BCUT2D eigenvalue weighted by atomic mass is 10.2. The van der Waals surface area contributed by atoms with Crippen molar-refractivity contribution in [3.8, 4) is 0 Å².